The van der Waals surface area contributed by atoms with Crippen molar-refractivity contribution in [2.24, 2.45) is 0 Å². The van der Waals surface area contributed by atoms with Crippen molar-refractivity contribution in [1.82, 2.24) is 24.4 Å². The summed E-state index contributed by atoms with van der Waals surface area (Å²) in [6.07, 6.45) is -3.99. The minimum absolute atomic E-state index is 0.113. The van der Waals surface area contributed by atoms with Crippen LogP contribution in [0.25, 0.3) is 28.0 Å². The molecule has 1 amide bonds. The summed E-state index contributed by atoms with van der Waals surface area (Å²) >= 11 is 6.66. The van der Waals surface area contributed by atoms with Gasteiger partial charge in [0.15, 0.2) is 5.65 Å². The standard InChI is InChI=1S/C32H33ClF4N6O4/c1-16-10-11-38-24(18(3)32(35,36)37)26(16)43-28-19(14-20(33)25(39-28)23-21(34)8-7-9-22(23)44)27(40-29(43)45)42-13-12-41(15-17(42)2)30(46)47-31(4,5)6/h7-11,14,17-18,44H,12-13,15H2,1-6H3/t17-,18?/m0/s1. The molecule has 2 atom stereocenters. The molecular formula is C32H33ClF4N6O4. The van der Waals surface area contributed by atoms with Crippen LogP contribution in [-0.2, 0) is 4.74 Å². The normalized spacial score (nSPS) is 16.4. The van der Waals surface area contributed by atoms with Gasteiger partial charge >= 0.3 is 18.0 Å². The van der Waals surface area contributed by atoms with Gasteiger partial charge in [0, 0.05) is 31.9 Å². The number of benzene rings is 1. The van der Waals surface area contributed by atoms with E-state index in [0.29, 0.717) is 0 Å². The van der Waals surface area contributed by atoms with Crippen molar-refractivity contribution < 1.29 is 32.2 Å². The number of fused-ring (bicyclic) bond motifs is 1. The number of pyridine rings is 2. The molecule has 47 heavy (non-hydrogen) atoms. The van der Waals surface area contributed by atoms with Gasteiger partial charge in [-0.2, -0.15) is 18.2 Å². The first kappa shape index (κ1) is 33.9. The highest BCUT2D eigenvalue weighted by Gasteiger charge is 2.40. The number of rotatable bonds is 4. The second-order valence-corrected chi connectivity index (χ2v) is 12.9. The van der Waals surface area contributed by atoms with Gasteiger partial charge < -0.3 is 19.6 Å². The van der Waals surface area contributed by atoms with Crippen LogP contribution in [0.3, 0.4) is 0 Å². The average Bonchev–Trinajstić information content (AvgIpc) is 2.96. The van der Waals surface area contributed by atoms with Crippen LogP contribution in [0, 0.1) is 12.7 Å². The summed E-state index contributed by atoms with van der Waals surface area (Å²) in [6.45, 7) is 10.2. The van der Waals surface area contributed by atoms with Crippen LogP contribution in [0.15, 0.2) is 41.3 Å². The number of hydrogen-bond donors (Lipinski definition) is 1. The van der Waals surface area contributed by atoms with Gasteiger partial charge in [-0.05, 0) is 71.4 Å². The van der Waals surface area contributed by atoms with Gasteiger partial charge in [0.25, 0.3) is 0 Å². The highest BCUT2D eigenvalue weighted by molar-refractivity contribution is 6.34. The Morgan fingerprint density at radius 2 is 1.85 bits per heavy atom. The molecular weight excluding hydrogens is 644 g/mol. The number of carbonyl (C=O) groups excluding carboxylic acids is 1. The lowest BCUT2D eigenvalue weighted by atomic mass is 10.0. The molecule has 1 N–H and O–H groups in total. The highest BCUT2D eigenvalue weighted by atomic mass is 35.5. The SMILES string of the molecule is Cc1ccnc(C(C)C(F)(F)F)c1-n1c(=O)nc(N2CCN(C(=O)OC(C)(C)C)C[C@@H]2C)c2cc(Cl)c(-c3c(O)cccc3F)nc21. The van der Waals surface area contributed by atoms with Crippen molar-refractivity contribution in [3.05, 3.63) is 69.1 Å². The van der Waals surface area contributed by atoms with Gasteiger partial charge in [-0.25, -0.2) is 23.5 Å². The molecule has 0 aliphatic carbocycles. The van der Waals surface area contributed by atoms with E-state index >= 15 is 4.39 Å². The Morgan fingerprint density at radius 1 is 1.15 bits per heavy atom. The fraction of sp³-hybridized carbons (Fsp3) is 0.406. The summed E-state index contributed by atoms with van der Waals surface area (Å²) in [5.41, 5.74) is -2.82. The fourth-order valence-electron chi connectivity index (χ4n) is 5.55. The maximum atomic E-state index is 15.1. The van der Waals surface area contributed by atoms with Crippen LogP contribution >= 0.6 is 11.6 Å². The maximum absolute atomic E-state index is 15.1. The molecule has 1 unspecified atom stereocenters. The number of hydrogen-bond acceptors (Lipinski definition) is 8. The van der Waals surface area contributed by atoms with Crippen molar-refractivity contribution in [3.8, 4) is 22.7 Å². The predicted molar refractivity (Wildman–Crippen MR) is 169 cm³/mol. The lowest BCUT2D eigenvalue weighted by molar-refractivity contribution is -0.147. The van der Waals surface area contributed by atoms with Crippen molar-refractivity contribution in [2.75, 3.05) is 24.5 Å². The first-order valence-corrected chi connectivity index (χ1v) is 15.1. The van der Waals surface area contributed by atoms with E-state index in [-0.39, 0.29) is 64.0 Å². The number of piperazine rings is 1. The Hall–Kier alpha value is -4.46. The zero-order valence-electron chi connectivity index (χ0n) is 26.5. The molecule has 0 saturated carbocycles. The number of ether oxygens (including phenoxy) is 1. The molecule has 4 aromatic rings. The van der Waals surface area contributed by atoms with Crippen LogP contribution < -0.4 is 10.6 Å². The molecule has 250 valence electrons. The number of aryl methyl sites for hydroxylation is 1. The number of halogens is 5. The van der Waals surface area contributed by atoms with E-state index in [9.17, 15) is 27.9 Å². The third kappa shape index (κ3) is 6.55. The molecule has 3 aromatic heterocycles. The lowest BCUT2D eigenvalue weighted by Gasteiger charge is -2.41. The predicted octanol–water partition coefficient (Wildman–Crippen LogP) is 6.76. The number of anilines is 1. The Bertz CT molecular complexity index is 1910. The minimum Gasteiger partial charge on any atom is -0.507 e. The molecule has 1 aliphatic rings. The smallest absolute Gasteiger partial charge is 0.410 e. The summed E-state index contributed by atoms with van der Waals surface area (Å²) in [5, 5.41) is 10.6. The summed E-state index contributed by atoms with van der Waals surface area (Å²) in [4.78, 5) is 43.0. The summed E-state index contributed by atoms with van der Waals surface area (Å²) in [7, 11) is 0. The zero-order chi connectivity index (χ0) is 34.6. The Balaban J connectivity index is 1.77. The monoisotopic (exact) mass is 676 g/mol. The van der Waals surface area contributed by atoms with E-state index in [0.717, 1.165) is 17.6 Å². The number of amides is 1. The first-order chi connectivity index (χ1) is 21.9. The van der Waals surface area contributed by atoms with Gasteiger partial charge in [0.05, 0.1) is 39.0 Å². The number of carbonyl (C=O) groups is 1. The van der Waals surface area contributed by atoms with Crippen molar-refractivity contribution in [3.63, 3.8) is 0 Å². The summed E-state index contributed by atoms with van der Waals surface area (Å²) < 4.78 is 63.6. The van der Waals surface area contributed by atoms with Crippen LogP contribution in [0.1, 0.15) is 51.8 Å². The first-order valence-electron chi connectivity index (χ1n) is 14.8. The second-order valence-electron chi connectivity index (χ2n) is 12.5. The van der Waals surface area contributed by atoms with E-state index in [4.69, 9.17) is 16.3 Å². The number of aromatic nitrogens is 4. The number of phenolic OH excluding ortho intramolecular Hbond substituents is 1. The van der Waals surface area contributed by atoms with E-state index in [2.05, 4.69) is 15.0 Å². The molecule has 0 bridgehead atoms. The number of phenols is 1. The molecule has 1 saturated heterocycles. The number of nitrogens with zero attached hydrogens (tertiary/aromatic N) is 6. The molecule has 4 heterocycles. The van der Waals surface area contributed by atoms with E-state index in [1.165, 1.54) is 42.3 Å². The maximum Gasteiger partial charge on any atom is 0.410 e. The summed E-state index contributed by atoms with van der Waals surface area (Å²) in [6, 6.07) is 6.02. The van der Waals surface area contributed by atoms with E-state index < -0.39 is 52.8 Å². The molecule has 0 radical (unpaired) electrons. The molecule has 5 rings (SSSR count). The van der Waals surface area contributed by atoms with E-state index in [1.54, 1.807) is 25.7 Å². The molecule has 10 nitrogen and oxygen atoms in total. The quantitative estimate of drug-likeness (QED) is 0.236. The molecule has 0 spiro atoms. The van der Waals surface area contributed by atoms with Crippen LogP contribution in [-0.4, -0.2) is 73.1 Å². The Labute approximate surface area is 272 Å². The summed E-state index contributed by atoms with van der Waals surface area (Å²) in [5.74, 6) is -3.32. The van der Waals surface area contributed by atoms with Crippen molar-refractivity contribution in [2.45, 2.75) is 65.3 Å². The van der Waals surface area contributed by atoms with Crippen molar-refractivity contribution >= 4 is 34.5 Å². The van der Waals surface area contributed by atoms with Crippen LogP contribution in [0.5, 0.6) is 5.75 Å². The highest BCUT2D eigenvalue weighted by Crippen LogP contribution is 2.41. The molecule has 1 fully saturated rings. The molecule has 1 aromatic carbocycles. The number of alkyl halides is 3. The zero-order valence-corrected chi connectivity index (χ0v) is 27.2. The van der Waals surface area contributed by atoms with Gasteiger partial charge in [-0.1, -0.05) is 17.7 Å². The topological polar surface area (TPSA) is 114 Å². The van der Waals surface area contributed by atoms with Gasteiger partial charge in [-0.3, -0.25) is 4.98 Å². The van der Waals surface area contributed by atoms with Crippen LogP contribution in [0.2, 0.25) is 5.02 Å². The molecule has 15 heteroatoms. The van der Waals surface area contributed by atoms with Crippen LogP contribution in [0.4, 0.5) is 28.2 Å². The molecule has 1 aliphatic heterocycles. The lowest BCUT2D eigenvalue weighted by Crippen LogP contribution is -2.55. The van der Waals surface area contributed by atoms with Gasteiger partial charge in [0.1, 0.15) is 23.0 Å². The number of aromatic hydroxyl groups is 1. The van der Waals surface area contributed by atoms with E-state index in [1.807, 2.05) is 6.92 Å². The Kier molecular flexibility index (Phi) is 8.86. The average molecular weight is 677 g/mol. The van der Waals surface area contributed by atoms with Gasteiger partial charge in [-0.15, -0.1) is 0 Å². The van der Waals surface area contributed by atoms with Gasteiger partial charge in [0.2, 0.25) is 0 Å². The fourth-order valence-corrected chi connectivity index (χ4v) is 5.79. The minimum atomic E-state index is -4.70. The third-order valence-corrected chi connectivity index (χ3v) is 8.15. The largest absolute Gasteiger partial charge is 0.507 e. The third-order valence-electron chi connectivity index (χ3n) is 7.86. The second kappa shape index (κ2) is 12.3. The Morgan fingerprint density at radius 3 is 2.47 bits per heavy atom. The van der Waals surface area contributed by atoms with Crippen molar-refractivity contribution in [1.29, 1.82) is 0 Å².